The molecule has 0 aliphatic rings. The molecule has 0 bridgehead atoms. The Balaban J connectivity index is 3.81. The van der Waals surface area contributed by atoms with Crippen molar-refractivity contribution in [1.82, 2.24) is 9.80 Å². The van der Waals surface area contributed by atoms with Gasteiger partial charge in [0, 0.05) is 20.2 Å². The van der Waals surface area contributed by atoms with Gasteiger partial charge in [-0.25, -0.2) is 0 Å². The number of ether oxygens (including phenoxy) is 1. The molecule has 4 heteroatoms. The van der Waals surface area contributed by atoms with Crippen LogP contribution in [-0.4, -0.2) is 68.8 Å². The molecule has 104 valence electrons. The van der Waals surface area contributed by atoms with Crippen molar-refractivity contribution in [3.8, 4) is 0 Å². The van der Waals surface area contributed by atoms with E-state index in [1.807, 2.05) is 0 Å². The average Bonchev–Trinajstić information content (AvgIpc) is 2.38. The lowest BCUT2D eigenvalue weighted by atomic mass is 10.3. The lowest BCUT2D eigenvalue weighted by Crippen LogP contribution is -2.39. The quantitative estimate of drug-likeness (QED) is 0.590. The molecule has 0 fully saturated rings. The summed E-state index contributed by atoms with van der Waals surface area (Å²) in [6.45, 7) is 13.9. The van der Waals surface area contributed by atoms with E-state index in [1.165, 1.54) is 13.0 Å². The van der Waals surface area contributed by atoms with Gasteiger partial charge in [0.05, 0.1) is 6.10 Å². The molecule has 0 aromatic carbocycles. The third-order valence-corrected chi connectivity index (χ3v) is 3.35. The predicted octanol–water partition coefficient (Wildman–Crippen LogP) is 1.01. The van der Waals surface area contributed by atoms with E-state index in [1.54, 1.807) is 7.11 Å². The molecule has 1 atom stereocenters. The zero-order chi connectivity index (χ0) is 13.1. The minimum absolute atomic E-state index is 0.170. The van der Waals surface area contributed by atoms with Gasteiger partial charge in [-0.1, -0.05) is 20.8 Å². The summed E-state index contributed by atoms with van der Waals surface area (Å²) >= 11 is 0. The third kappa shape index (κ3) is 7.71. The van der Waals surface area contributed by atoms with Crippen LogP contribution in [-0.2, 0) is 4.74 Å². The Bertz CT molecular complexity index is 159. The molecule has 4 nitrogen and oxygen atoms in total. The normalized spacial score (nSPS) is 13.6. The maximum atomic E-state index is 5.65. The van der Waals surface area contributed by atoms with Gasteiger partial charge in [-0.15, -0.1) is 0 Å². The van der Waals surface area contributed by atoms with Gasteiger partial charge in [0.15, 0.2) is 0 Å². The van der Waals surface area contributed by atoms with Crippen LogP contribution in [0.1, 0.15) is 27.2 Å². The summed E-state index contributed by atoms with van der Waals surface area (Å²) in [6.07, 6.45) is 1.39. The van der Waals surface area contributed by atoms with Crippen molar-refractivity contribution in [3.05, 3.63) is 0 Å². The number of rotatable bonds is 11. The van der Waals surface area contributed by atoms with Crippen LogP contribution < -0.4 is 5.73 Å². The van der Waals surface area contributed by atoms with E-state index in [4.69, 9.17) is 10.5 Å². The van der Waals surface area contributed by atoms with Crippen LogP contribution in [0.2, 0.25) is 0 Å². The van der Waals surface area contributed by atoms with Crippen LogP contribution in [0.4, 0.5) is 0 Å². The van der Waals surface area contributed by atoms with Crippen LogP contribution >= 0.6 is 0 Å². The second kappa shape index (κ2) is 11.0. The third-order valence-electron chi connectivity index (χ3n) is 3.35. The summed E-state index contributed by atoms with van der Waals surface area (Å²) in [5.74, 6) is 0. The molecular weight excluding hydrogens is 214 g/mol. The topological polar surface area (TPSA) is 41.7 Å². The van der Waals surface area contributed by atoms with Crippen LogP contribution in [0.25, 0.3) is 0 Å². The molecule has 0 aliphatic carbocycles. The number of nitrogens with zero attached hydrogens (tertiary/aromatic N) is 2. The summed E-state index contributed by atoms with van der Waals surface area (Å²) in [6, 6.07) is 0. The summed E-state index contributed by atoms with van der Waals surface area (Å²) < 4.78 is 5.32. The molecule has 2 N–H and O–H groups in total. The molecule has 0 aromatic rings. The first-order valence-electron chi connectivity index (χ1n) is 6.89. The van der Waals surface area contributed by atoms with E-state index in [9.17, 15) is 0 Å². The molecule has 0 rings (SSSR count). The van der Waals surface area contributed by atoms with Gasteiger partial charge >= 0.3 is 0 Å². The zero-order valence-electron chi connectivity index (χ0n) is 12.1. The van der Waals surface area contributed by atoms with Crippen molar-refractivity contribution < 1.29 is 4.74 Å². The van der Waals surface area contributed by atoms with Crippen molar-refractivity contribution in [2.75, 3.05) is 52.9 Å². The zero-order valence-corrected chi connectivity index (χ0v) is 12.1. The first kappa shape index (κ1) is 16.8. The highest BCUT2D eigenvalue weighted by atomic mass is 16.5. The number of nitrogens with two attached hydrogens (primary N) is 1. The first-order valence-corrected chi connectivity index (χ1v) is 6.89. The van der Waals surface area contributed by atoms with Crippen LogP contribution in [0.3, 0.4) is 0 Å². The Hall–Kier alpha value is -0.160. The minimum Gasteiger partial charge on any atom is -0.379 e. The number of hydrogen-bond acceptors (Lipinski definition) is 4. The lowest BCUT2D eigenvalue weighted by Gasteiger charge is -2.26. The molecular formula is C13H31N3O. The highest BCUT2D eigenvalue weighted by Gasteiger charge is 2.10. The maximum Gasteiger partial charge on any atom is 0.0820 e. The summed E-state index contributed by atoms with van der Waals surface area (Å²) in [7, 11) is 1.74. The van der Waals surface area contributed by atoms with E-state index in [0.717, 1.165) is 32.7 Å². The Morgan fingerprint density at radius 1 is 1.00 bits per heavy atom. The fourth-order valence-corrected chi connectivity index (χ4v) is 1.97. The molecule has 0 radical (unpaired) electrons. The van der Waals surface area contributed by atoms with Crippen molar-refractivity contribution in [2.24, 2.45) is 5.73 Å². The largest absolute Gasteiger partial charge is 0.379 e. The average molecular weight is 245 g/mol. The number of likely N-dealkylation sites (N-methyl/N-ethyl adjacent to an activating group) is 1. The molecule has 0 aromatic heterocycles. The minimum atomic E-state index is 0.170. The highest BCUT2D eigenvalue weighted by molar-refractivity contribution is 4.66. The fraction of sp³-hybridized carbons (Fsp3) is 1.00. The number of hydrogen-bond donors (Lipinski definition) is 1. The van der Waals surface area contributed by atoms with E-state index in [2.05, 4.69) is 30.6 Å². The van der Waals surface area contributed by atoms with Crippen LogP contribution in [0.5, 0.6) is 0 Å². The summed E-state index contributed by atoms with van der Waals surface area (Å²) in [4.78, 5) is 4.88. The molecule has 0 heterocycles. The van der Waals surface area contributed by atoms with Crippen molar-refractivity contribution in [3.63, 3.8) is 0 Å². The van der Waals surface area contributed by atoms with Crippen molar-refractivity contribution in [1.29, 1.82) is 0 Å². The smallest absolute Gasteiger partial charge is 0.0820 e. The predicted molar refractivity (Wildman–Crippen MR) is 74.4 cm³/mol. The molecule has 0 spiro atoms. The summed E-state index contributed by atoms with van der Waals surface area (Å²) in [5, 5.41) is 0. The summed E-state index contributed by atoms with van der Waals surface area (Å²) in [5.41, 5.74) is 5.65. The van der Waals surface area contributed by atoms with Crippen molar-refractivity contribution >= 4 is 0 Å². The number of methoxy groups -OCH3 is 1. The molecule has 0 saturated heterocycles. The van der Waals surface area contributed by atoms with Gasteiger partial charge in [0.2, 0.25) is 0 Å². The Labute approximate surface area is 107 Å². The van der Waals surface area contributed by atoms with Crippen molar-refractivity contribution in [2.45, 2.75) is 33.3 Å². The van der Waals surface area contributed by atoms with Gasteiger partial charge in [-0.3, -0.25) is 0 Å². The molecule has 0 saturated carbocycles. The maximum absolute atomic E-state index is 5.65. The van der Waals surface area contributed by atoms with Gasteiger partial charge in [-0.05, 0) is 39.1 Å². The second-order valence-corrected chi connectivity index (χ2v) is 4.37. The monoisotopic (exact) mass is 245 g/mol. The van der Waals surface area contributed by atoms with E-state index in [0.29, 0.717) is 6.54 Å². The van der Waals surface area contributed by atoms with Gasteiger partial charge in [0.1, 0.15) is 0 Å². The Morgan fingerprint density at radius 3 is 1.94 bits per heavy atom. The SMILES string of the molecule is CCN(CC)CCCN(CC)CC(CN)OC. The van der Waals surface area contributed by atoms with E-state index in [-0.39, 0.29) is 6.10 Å². The molecule has 1 unspecified atom stereocenters. The van der Waals surface area contributed by atoms with Crippen LogP contribution in [0.15, 0.2) is 0 Å². The molecule has 17 heavy (non-hydrogen) atoms. The van der Waals surface area contributed by atoms with E-state index >= 15 is 0 Å². The lowest BCUT2D eigenvalue weighted by molar-refractivity contribution is 0.0701. The molecule has 0 amide bonds. The fourth-order valence-electron chi connectivity index (χ4n) is 1.97. The Morgan fingerprint density at radius 2 is 1.53 bits per heavy atom. The first-order chi connectivity index (χ1) is 8.21. The second-order valence-electron chi connectivity index (χ2n) is 4.37. The highest BCUT2D eigenvalue weighted by Crippen LogP contribution is 1.98. The molecule has 0 aliphatic heterocycles. The van der Waals surface area contributed by atoms with Gasteiger partial charge < -0.3 is 20.3 Å². The van der Waals surface area contributed by atoms with Crippen LogP contribution in [0, 0.1) is 0 Å². The van der Waals surface area contributed by atoms with Gasteiger partial charge in [-0.2, -0.15) is 0 Å². The Kier molecular flexibility index (Phi) is 10.9. The van der Waals surface area contributed by atoms with E-state index < -0.39 is 0 Å². The van der Waals surface area contributed by atoms with Gasteiger partial charge in [0.25, 0.3) is 0 Å². The standard InChI is InChI=1S/C13H31N3O/c1-5-15(6-2)9-8-10-16(7-3)12-13(11-14)17-4/h13H,5-12,14H2,1-4H3.